The minimum absolute atomic E-state index is 0.128. The van der Waals surface area contributed by atoms with Crippen molar-refractivity contribution < 1.29 is 14.1 Å². The topological polar surface area (TPSA) is 98.3 Å². The molecule has 102 valence electrons. The molecule has 1 atom stereocenters. The van der Waals surface area contributed by atoms with Gasteiger partial charge in [-0.1, -0.05) is 0 Å². The quantitative estimate of drug-likeness (QED) is 0.641. The third-order valence-corrected chi connectivity index (χ3v) is 3.32. The van der Waals surface area contributed by atoms with Crippen LogP contribution in [0.3, 0.4) is 0 Å². The smallest absolute Gasteiger partial charge is 0.306 e. The number of carbonyl (C=O) groups is 1. The number of nitrogens with one attached hydrogen (secondary N) is 1. The van der Waals surface area contributed by atoms with Gasteiger partial charge in [-0.15, -0.1) is 0 Å². The first-order valence-electron chi connectivity index (χ1n) is 5.86. The Morgan fingerprint density at radius 2 is 2.21 bits per heavy atom. The molecule has 0 aromatic heterocycles. The zero-order valence-corrected chi connectivity index (χ0v) is 10.4. The molecule has 3 N–H and O–H groups in total. The van der Waals surface area contributed by atoms with Gasteiger partial charge in [0.25, 0.3) is 0 Å². The van der Waals surface area contributed by atoms with Crippen molar-refractivity contribution in [1.29, 1.82) is 0 Å². The van der Waals surface area contributed by atoms with Gasteiger partial charge in [-0.05, 0) is 37.8 Å². The summed E-state index contributed by atoms with van der Waals surface area (Å²) in [4.78, 5) is 21.7. The van der Waals surface area contributed by atoms with Gasteiger partial charge in [0.15, 0.2) is 0 Å². The molecule has 0 saturated heterocycles. The van der Waals surface area contributed by atoms with E-state index in [2.05, 4.69) is 5.32 Å². The van der Waals surface area contributed by atoms with Gasteiger partial charge in [-0.25, -0.2) is 0 Å². The van der Waals surface area contributed by atoms with Crippen LogP contribution >= 0.6 is 0 Å². The summed E-state index contributed by atoms with van der Waals surface area (Å²) < 4.78 is 13.2. The number of anilines is 1. The molecule has 0 bridgehead atoms. The molecule has 1 fully saturated rings. The normalized spacial score (nSPS) is 17.6. The van der Waals surface area contributed by atoms with Crippen molar-refractivity contribution in [2.45, 2.75) is 25.3 Å². The summed E-state index contributed by atoms with van der Waals surface area (Å²) in [5.41, 5.74) is 4.40. The van der Waals surface area contributed by atoms with Crippen LogP contribution in [0.2, 0.25) is 0 Å². The molecule has 1 amide bonds. The number of rotatable bonds is 4. The Morgan fingerprint density at radius 3 is 2.74 bits per heavy atom. The van der Waals surface area contributed by atoms with E-state index in [1.54, 1.807) is 6.92 Å². The number of nitrogens with zero attached hydrogens (tertiary/aromatic N) is 1. The Kier molecular flexibility index (Phi) is 3.23. The van der Waals surface area contributed by atoms with Crippen LogP contribution in [0.4, 0.5) is 15.8 Å². The van der Waals surface area contributed by atoms with Gasteiger partial charge < -0.3 is 11.1 Å². The van der Waals surface area contributed by atoms with E-state index in [-0.39, 0.29) is 11.6 Å². The number of nitrogens with two attached hydrogens (primary N) is 1. The molecular formula is C12H14FN3O3. The van der Waals surface area contributed by atoms with Gasteiger partial charge in [-0.2, -0.15) is 4.39 Å². The largest absolute Gasteiger partial charge is 0.324 e. The molecule has 0 radical (unpaired) electrons. The maximum absolute atomic E-state index is 13.2. The van der Waals surface area contributed by atoms with Crippen molar-refractivity contribution in [3.8, 4) is 0 Å². The number of hydrogen-bond acceptors (Lipinski definition) is 4. The van der Waals surface area contributed by atoms with Crippen LogP contribution in [0.25, 0.3) is 0 Å². The molecule has 7 heteroatoms. The minimum atomic E-state index is -1.01. The van der Waals surface area contributed by atoms with Crippen LogP contribution in [-0.4, -0.2) is 16.4 Å². The first-order valence-corrected chi connectivity index (χ1v) is 5.86. The van der Waals surface area contributed by atoms with Gasteiger partial charge in [0, 0.05) is 11.8 Å². The molecule has 0 heterocycles. The molecule has 1 unspecified atom stereocenters. The number of carbonyl (C=O) groups excluding carboxylic acids is 1. The van der Waals surface area contributed by atoms with Crippen LogP contribution in [0, 0.1) is 21.8 Å². The van der Waals surface area contributed by atoms with Crippen LogP contribution in [-0.2, 0) is 4.79 Å². The molecule has 2 rings (SSSR count). The van der Waals surface area contributed by atoms with Gasteiger partial charge >= 0.3 is 5.69 Å². The first kappa shape index (κ1) is 13.4. The molecule has 1 aliphatic carbocycles. The van der Waals surface area contributed by atoms with E-state index in [1.807, 2.05) is 0 Å². The van der Waals surface area contributed by atoms with E-state index in [0.29, 0.717) is 0 Å². The predicted molar refractivity (Wildman–Crippen MR) is 67.0 cm³/mol. The third kappa shape index (κ3) is 2.70. The van der Waals surface area contributed by atoms with E-state index >= 15 is 0 Å². The SMILES string of the molecule is CC(N)(C(=O)Nc1ccc(F)c([N+](=O)[O-])c1)C1CC1. The number of halogens is 1. The lowest BCUT2D eigenvalue weighted by atomic mass is 9.96. The molecule has 1 aromatic rings. The van der Waals surface area contributed by atoms with E-state index in [4.69, 9.17) is 5.73 Å². The fourth-order valence-corrected chi connectivity index (χ4v) is 1.86. The summed E-state index contributed by atoms with van der Waals surface area (Å²) in [6, 6.07) is 3.19. The molecule has 19 heavy (non-hydrogen) atoms. The summed E-state index contributed by atoms with van der Waals surface area (Å²) in [5.74, 6) is -1.24. The fourth-order valence-electron chi connectivity index (χ4n) is 1.86. The molecular weight excluding hydrogens is 253 g/mol. The second-order valence-corrected chi connectivity index (χ2v) is 4.93. The number of amides is 1. The number of hydrogen-bond donors (Lipinski definition) is 2. The highest BCUT2D eigenvalue weighted by Gasteiger charge is 2.44. The molecule has 1 aliphatic rings. The van der Waals surface area contributed by atoms with E-state index in [0.717, 1.165) is 25.0 Å². The molecule has 0 aliphatic heterocycles. The summed E-state index contributed by atoms with van der Waals surface area (Å²) in [6.07, 6.45) is 1.79. The van der Waals surface area contributed by atoms with Crippen molar-refractivity contribution in [1.82, 2.24) is 0 Å². The Morgan fingerprint density at radius 1 is 1.58 bits per heavy atom. The number of benzene rings is 1. The summed E-state index contributed by atoms with van der Waals surface area (Å²) in [5, 5.41) is 13.1. The van der Waals surface area contributed by atoms with E-state index in [1.165, 1.54) is 6.07 Å². The van der Waals surface area contributed by atoms with Crippen LogP contribution < -0.4 is 11.1 Å². The zero-order valence-electron chi connectivity index (χ0n) is 10.4. The van der Waals surface area contributed by atoms with E-state index < -0.39 is 27.9 Å². The van der Waals surface area contributed by atoms with E-state index in [9.17, 15) is 19.3 Å². The van der Waals surface area contributed by atoms with Gasteiger partial charge in [-0.3, -0.25) is 14.9 Å². The van der Waals surface area contributed by atoms with Crippen LogP contribution in [0.1, 0.15) is 19.8 Å². The highest BCUT2D eigenvalue weighted by Crippen LogP contribution is 2.38. The lowest BCUT2D eigenvalue weighted by Crippen LogP contribution is -2.50. The highest BCUT2D eigenvalue weighted by molar-refractivity contribution is 5.98. The predicted octanol–water partition coefficient (Wildman–Crippen LogP) is 1.80. The van der Waals surface area contributed by atoms with Gasteiger partial charge in [0.05, 0.1) is 10.5 Å². The summed E-state index contributed by atoms with van der Waals surface area (Å²) >= 11 is 0. The maximum Gasteiger partial charge on any atom is 0.306 e. The standard InChI is InChI=1S/C12H14FN3O3/c1-12(14,7-2-3-7)11(17)15-8-4-5-9(13)10(6-8)16(18)19/h4-7H,2-3,14H2,1H3,(H,15,17). The average molecular weight is 267 g/mol. The molecule has 6 nitrogen and oxygen atoms in total. The first-order chi connectivity index (χ1) is 8.82. The summed E-state index contributed by atoms with van der Waals surface area (Å²) in [6.45, 7) is 1.62. The van der Waals surface area contributed by atoms with Gasteiger partial charge in [0.2, 0.25) is 11.7 Å². The third-order valence-electron chi connectivity index (χ3n) is 3.32. The molecule has 1 aromatic carbocycles. The van der Waals surface area contributed by atoms with Crippen molar-refractivity contribution in [2.75, 3.05) is 5.32 Å². The Bertz CT molecular complexity index is 541. The molecule has 1 saturated carbocycles. The monoisotopic (exact) mass is 267 g/mol. The van der Waals surface area contributed by atoms with Crippen LogP contribution in [0.5, 0.6) is 0 Å². The Labute approximate surface area is 108 Å². The Balaban J connectivity index is 2.17. The summed E-state index contributed by atoms with van der Waals surface area (Å²) in [7, 11) is 0. The second kappa shape index (κ2) is 4.58. The fraction of sp³-hybridized carbons (Fsp3) is 0.417. The number of nitro benzene ring substituents is 1. The maximum atomic E-state index is 13.2. The Hall–Kier alpha value is -2.02. The zero-order chi connectivity index (χ0) is 14.2. The van der Waals surface area contributed by atoms with Crippen molar-refractivity contribution in [2.24, 2.45) is 11.7 Å². The lowest BCUT2D eigenvalue weighted by Gasteiger charge is -2.23. The highest BCUT2D eigenvalue weighted by atomic mass is 19.1. The van der Waals surface area contributed by atoms with Crippen molar-refractivity contribution in [3.63, 3.8) is 0 Å². The van der Waals surface area contributed by atoms with Crippen LogP contribution in [0.15, 0.2) is 18.2 Å². The second-order valence-electron chi connectivity index (χ2n) is 4.93. The molecule has 0 spiro atoms. The lowest BCUT2D eigenvalue weighted by molar-refractivity contribution is -0.387. The van der Waals surface area contributed by atoms with Crippen molar-refractivity contribution in [3.05, 3.63) is 34.1 Å². The number of nitro groups is 1. The average Bonchev–Trinajstić information content (AvgIpc) is 3.15. The minimum Gasteiger partial charge on any atom is -0.324 e. The van der Waals surface area contributed by atoms with Gasteiger partial charge in [0.1, 0.15) is 0 Å². The van der Waals surface area contributed by atoms with Crippen molar-refractivity contribution >= 4 is 17.3 Å².